The molecule has 26 heavy (non-hydrogen) atoms. The average Bonchev–Trinajstić information content (AvgIpc) is 2.65. The summed E-state index contributed by atoms with van der Waals surface area (Å²) in [7, 11) is 0. The van der Waals surface area contributed by atoms with Crippen molar-refractivity contribution in [1.82, 2.24) is 9.80 Å². The number of hydrogen-bond donors (Lipinski definition) is 2. The molecular weight excluding hydrogens is 336 g/mol. The van der Waals surface area contributed by atoms with Gasteiger partial charge >= 0.3 is 0 Å². The number of rotatable bonds is 6. The Morgan fingerprint density at radius 2 is 1.08 bits per heavy atom. The van der Waals surface area contributed by atoms with Crippen LogP contribution in [0.5, 0.6) is 0 Å². The van der Waals surface area contributed by atoms with Gasteiger partial charge in [-0.05, 0) is 24.3 Å². The second kappa shape index (κ2) is 9.63. The molecule has 2 aliphatic heterocycles. The molecule has 2 fully saturated rings. The molecular formula is C18H26N4O4. The minimum absolute atomic E-state index is 0.0454. The number of nitrogens with zero attached hydrogens (tertiary/aromatic N) is 2. The van der Waals surface area contributed by atoms with E-state index in [1.54, 1.807) is 24.3 Å². The Bertz CT molecular complexity index is 543. The predicted octanol–water partition coefficient (Wildman–Crippen LogP) is 0.228. The minimum atomic E-state index is -0.0454. The lowest BCUT2D eigenvalue weighted by Crippen LogP contribution is -2.41. The standard InChI is InChI=1S/C18H26N4O4/c23-17(13-21-5-9-25-10-6-21)19-15-1-2-16(4-3-15)20-18(24)14-22-7-11-26-12-8-22/h1-4H,5-14H2,(H,19,23)(H,20,24). The van der Waals surface area contributed by atoms with E-state index in [0.29, 0.717) is 39.5 Å². The highest BCUT2D eigenvalue weighted by Crippen LogP contribution is 2.14. The number of hydrogen-bond acceptors (Lipinski definition) is 6. The van der Waals surface area contributed by atoms with Crippen LogP contribution in [-0.2, 0) is 19.1 Å². The fraction of sp³-hybridized carbons (Fsp3) is 0.556. The van der Waals surface area contributed by atoms with E-state index in [0.717, 1.165) is 37.6 Å². The summed E-state index contributed by atoms with van der Waals surface area (Å²) in [6.07, 6.45) is 0. The maximum atomic E-state index is 12.1. The highest BCUT2D eigenvalue weighted by molar-refractivity contribution is 5.94. The van der Waals surface area contributed by atoms with Crippen LogP contribution in [0.1, 0.15) is 0 Å². The van der Waals surface area contributed by atoms with Crippen molar-refractivity contribution in [3.8, 4) is 0 Å². The first-order valence-electron chi connectivity index (χ1n) is 8.99. The molecule has 8 nitrogen and oxygen atoms in total. The van der Waals surface area contributed by atoms with E-state index in [1.165, 1.54) is 0 Å². The fourth-order valence-corrected chi connectivity index (χ4v) is 2.96. The van der Waals surface area contributed by atoms with Crippen LogP contribution < -0.4 is 10.6 Å². The zero-order chi connectivity index (χ0) is 18.2. The number of nitrogens with one attached hydrogen (secondary N) is 2. The summed E-state index contributed by atoms with van der Waals surface area (Å²) in [5.41, 5.74) is 1.43. The third-order valence-electron chi connectivity index (χ3n) is 4.39. The van der Waals surface area contributed by atoms with Crippen LogP contribution in [0.15, 0.2) is 24.3 Å². The van der Waals surface area contributed by atoms with E-state index >= 15 is 0 Å². The number of carbonyl (C=O) groups excluding carboxylic acids is 2. The Morgan fingerprint density at radius 3 is 1.42 bits per heavy atom. The lowest BCUT2D eigenvalue weighted by molar-refractivity contribution is -0.119. The zero-order valence-electron chi connectivity index (χ0n) is 14.9. The molecule has 2 saturated heterocycles. The van der Waals surface area contributed by atoms with Crippen LogP contribution in [0.3, 0.4) is 0 Å². The third kappa shape index (κ3) is 6.06. The summed E-state index contributed by atoms with van der Waals surface area (Å²) < 4.78 is 10.6. The maximum absolute atomic E-state index is 12.1. The largest absolute Gasteiger partial charge is 0.379 e. The smallest absolute Gasteiger partial charge is 0.238 e. The van der Waals surface area contributed by atoms with Gasteiger partial charge in [-0.1, -0.05) is 0 Å². The summed E-state index contributed by atoms with van der Waals surface area (Å²) in [5.74, 6) is -0.0907. The van der Waals surface area contributed by atoms with E-state index < -0.39 is 0 Å². The van der Waals surface area contributed by atoms with Gasteiger partial charge in [0.25, 0.3) is 0 Å². The molecule has 3 rings (SSSR count). The molecule has 0 aromatic heterocycles. The van der Waals surface area contributed by atoms with Crippen molar-refractivity contribution in [3.05, 3.63) is 24.3 Å². The van der Waals surface area contributed by atoms with E-state index in [1.807, 2.05) is 0 Å². The number of morpholine rings is 2. The Hall–Kier alpha value is -2.00. The molecule has 1 aromatic rings. The third-order valence-corrected chi connectivity index (χ3v) is 4.39. The van der Waals surface area contributed by atoms with Gasteiger partial charge < -0.3 is 20.1 Å². The van der Waals surface area contributed by atoms with Crippen molar-refractivity contribution in [2.75, 3.05) is 76.3 Å². The number of benzene rings is 1. The molecule has 0 radical (unpaired) electrons. The second-order valence-corrected chi connectivity index (χ2v) is 6.45. The highest BCUT2D eigenvalue weighted by Gasteiger charge is 2.15. The molecule has 0 atom stereocenters. The van der Waals surface area contributed by atoms with Crippen LogP contribution in [-0.4, -0.2) is 87.3 Å². The van der Waals surface area contributed by atoms with Crippen LogP contribution >= 0.6 is 0 Å². The summed E-state index contributed by atoms with van der Waals surface area (Å²) in [6.45, 7) is 6.53. The van der Waals surface area contributed by atoms with Gasteiger partial charge in [0.15, 0.2) is 0 Å². The number of amides is 2. The van der Waals surface area contributed by atoms with Gasteiger partial charge in [-0.3, -0.25) is 19.4 Å². The Kier molecular flexibility index (Phi) is 6.96. The molecule has 0 bridgehead atoms. The van der Waals surface area contributed by atoms with Crippen LogP contribution in [0, 0.1) is 0 Å². The topological polar surface area (TPSA) is 83.1 Å². The first-order chi connectivity index (χ1) is 12.7. The molecule has 0 saturated carbocycles. The zero-order valence-corrected chi connectivity index (χ0v) is 14.9. The van der Waals surface area contributed by atoms with Crippen molar-refractivity contribution < 1.29 is 19.1 Å². The Morgan fingerprint density at radius 1 is 0.731 bits per heavy atom. The van der Waals surface area contributed by atoms with Gasteiger partial charge in [-0.25, -0.2) is 0 Å². The van der Waals surface area contributed by atoms with E-state index in [4.69, 9.17) is 9.47 Å². The maximum Gasteiger partial charge on any atom is 0.238 e. The van der Waals surface area contributed by atoms with Gasteiger partial charge in [0, 0.05) is 37.6 Å². The van der Waals surface area contributed by atoms with E-state index in [2.05, 4.69) is 20.4 Å². The quantitative estimate of drug-likeness (QED) is 0.754. The van der Waals surface area contributed by atoms with E-state index in [-0.39, 0.29) is 11.8 Å². The first-order valence-corrected chi connectivity index (χ1v) is 8.99. The van der Waals surface area contributed by atoms with Crippen LogP contribution in [0.25, 0.3) is 0 Å². The van der Waals surface area contributed by atoms with Crippen molar-refractivity contribution in [2.45, 2.75) is 0 Å². The second-order valence-electron chi connectivity index (χ2n) is 6.45. The molecule has 142 valence electrons. The minimum Gasteiger partial charge on any atom is -0.379 e. The number of ether oxygens (including phenoxy) is 2. The molecule has 2 N–H and O–H groups in total. The van der Waals surface area contributed by atoms with Gasteiger partial charge in [0.05, 0.1) is 39.5 Å². The van der Waals surface area contributed by atoms with Gasteiger partial charge in [0.1, 0.15) is 0 Å². The normalized spacial score (nSPS) is 19.1. The van der Waals surface area contributed by atoms with Crippen molar-refractivity contribution in [3.63, 3.8) is 0 Å². The first kappa shape index (κ1) is 18.8. The molecule has 2 heterocycles. The average molecular weight is 362 g/mol. The van der Waals surface area contributed by atoms with Crippen molar-refractivity contribution in [1.29, 1.82) is 0 Å². The number of carbonyl (C=O) groups is 2. The summed E-state index contributed by atoms with van der Waals surface area (Å²) in [6, 6.07) is 7.17. The Balaban J connectivity index is 1.42. The molecule has 1 aromatic carbocycles. The van der Waals surface area contributed by atoms with Gasteiger partial charge in [-0.2, -0.15) is 0 Å². The molecule has 0 spiro atoms. The molecule has 0 aliphatic carbocycles. The molecule has 8 heteroatoms. The summed E-state index contributed by atoms with van der Waals surface area (Å²) in [4.78, 5) is 28.3. The van der Waals surface area contributed by atoms with Gasteiger partial charge in [0.2, 0.25) is 11.8 Å². The molecule has 0 unspecified atom stereocenters. The highest BCUT2D eigenvalue weighted by atomic mass is 16.5. The van der Waals surface area contributed by atoms with Crippen molar-refractivity contribution in [2.24, 2.45) is 0 Å². The lowest BCUT2D eigenvalue weighted by atomic mass is 10.2. The van der Waals surface area contributed by atoms with Crippen LogP contribution in [0.4, 0.5) is 11.4 Å². The fourth-order valence-electron chi connectivity index (χ4n) is 2.96. The Labute approximate surface area is 153 Å². The summed E-state index contributed by atoms with van der Waals surface area (Å²) >= 11 is 0. The van der Waals surface area contributed by atoms with Crippen LogP contribution in [0.2, 0.25) is 0 Å². The SMILES string of the molecule is O=C(CN1CCOCC1)Nc1ccc(NC(=O)CN2CCOCC2)cc1. The monoisotopic (exact) mass is 362 g/mol. The van der Waals surface area contributed by atoms with Gasteiger partial charge in [-0.15, -0.1) is 0 Å². The lowest BCUT2D eigenvalue weighted by Gasteiger charge is -2.26. The summed E-state index contributed by atoms with van der Waals surface area (Å²) in [5, 5.41) is 5.76. The number of anilines is 2. The van der Waals surface area contributed by atoms with E-state index in [9.17, 15) is 9.59 Å². The van der Waals surface area contributed by atoms with Crippen molar-refractivity contribution >= 4 is 23.2 Å². The molecule has 2 amide bonds. The molecule has 2 aliphatic rings. The predicted molar refractivity (Wildman–Crippen MR) is 98.2 cm³/mol.